The van der Waals surface area contributed by atoms with Crippen molar-refractivity contribution < 1.29 is 19.2 Å². The van der Waals surface area contributed by atoms with Crippen LogP contribution in [-0.4, -0.2) is 73.2 Å². The second-order valence-corrected chi connectivity index (χ2v) is 12.2. The predicted octanol–water partition coefficient (Wildman–Crippen LogP) is 1.84. The number of benzene rings is 2. The van der Waals surface area contributed by atoms with Gasteiger partial charge < -0.3 is 20.9 Å². The van der Waals surface area contributed by atoms with Gasteiger partial charge in [0.1, 0.15) is 23.8 Å². The van der Waals surface area contributed by atoms with Gasteiger partial charge in [0.15, 0.2) is 0 Å². The molecule has 0 unspecified atom stereocenters. The molecule has 0 aliphatic carbocycles. The molecule has 2 aromatic carbocycles. The third-order valence-electron chi connectivity index (χ3n) is 7.96. The van der Waals surface area contributed by atoms with E-state index in [1.165, 1.54) is 11.3 Å². The van der Waals surface area contributed by atoms with Gasteiger partial charge in [-0.25, -0.2) is 9.67 Å². The van der Waals surface area contributed by atoms with Gasteiger partial charge >= 0.3 is 0 Å². The molecule has 0 radical (unpaired) electrons. The Morgan fingerprint density at radius 2 is 1.86 bits per heavy atom. The Balaban J connectivity index is 1.32. The van der Waals surface area contributed by atoms with E-state index in [1.807, 2.05) is 44.2 Å². The Morgan fingerprint density at radius 1 is 1.05 bits per heavy atom. The third-order valence-corrected chi connectivity index (χ3v) is 8.75. The maximum absolute atomic E-state index is 13.9. The molecule has 4 atom stereocenters. The Kier molecular flexibility index (Phi) is 7.89. The van der Waals surface area contributed by atoms with Crippen LogP contribution in [0.3, 0.4) is 0 Å². The van der Waals surface area contributed by atoms with E-state index >= 15 is 0 Å². The second kappa shape index (κ2) is 11.9. The van der Waals surface area contributed by atoms with Gasteiger partial charge in [-0.05, 0) is 29.7 Å². The number of carbonyl (C=O) groups is 4. The number of hydrogen-bond acceptors (Lipinski definition) is 8. The number of carbonyl (C=O) groups excluding carboxylic acids is 4. The van der Waals surface area contributed by atoms with E-state index < -0.39 is 29.9 Å². The lowest BCUT2D eigenvalue weighted by atomic mass is 10.00. The van der Waals surface area contributed by atoms with Crippen LogP contribution in [0.5, 0.6) is 0 Å². The minimum Gasteiger partial charge on any atom is -0.349 e. The predicted molar refractivity (Wildman–Crippen MR) is 159 cm³/mol. The highest BCUT2D eigenvalue weighted by atomic mass is 32.1. The molecule has 3 N–H and O–H groups in total. The number of hydrogen-bond donors (Lipinski definition) is 3. The number of aromatic nitrogens is 4. The smallest absolute Gasteiger partial charge is 0.254 e. The Morgan fingerprint density at radius 3 is 2.65 bits per heavy atom. The Hall–Kier alpha value is -4.65. The lowest BCUT2D eigenvalue weighted by Gasteiger charge is -2.29. The topological polar surface area (TPSA) is 151 Å². The minimum absolute atomic E-state index is 0.110. The van der Waals surface area contributed by atoms with Crippen molar-refractivity contribution in [1.29, 1.82) is 0 Å². The molecule has 12 nitrogen and oxygen atoms in total. The summed E-state index contributed by atoms with van der Waals surface area (Å²) in [6, 6.07) is 11.7. The summed E-state index contributed by atoms with van der Waals surface area (Å²) in [6.07, 6.45) is 2.28. The van der Waals surface area contributed by atoms with E-state index in [-0.39, 0.29) is 43.3 Å². The van der Waals surface area contributed by atoms with Crippen molar-refractivity contribution in [1.82, 2.24) is 40.8 Å². The Bertz CT molecular complexity index is 1670. The number of nitrogens with zero attached hydrogens (tertiary/aromatic N) is 5. The molecular formula is C30H32N8O4S. The SMILES string of the molecule is CC(C)[C@@H]1NC(=O)[C@@H]2C[C@@H](CN2C(=O)c2ccc3ncsc3c2)n2cc(nn2)CNC(=O)[C@@H](Cc2ccccc2)NC1=O. The van der Waals surface area contributed by atoms with E-state index in [4.69, 9.17) is 0 Å². The highest BCUT2D eigenvalue weighted by Gasteiger charge is 2.43. The molecule has 6 rings (SSSR count). The van der Waals surface area contributed by atoms with Gasteiger partial charge in [-0.1, -0.05) is 49.4 Å². The first-order valence-corrected chi connectivity index (χ1v) is 15.1. The Labute approximate surface area is 251 Å². The molecule has 1 saturated heterocycles. The standard InChI is InChI=1S/C30H32N8O4S/c1-17(2)26-29(41)33-23(10-18-6-4-3-5-7-18)27(39)31-13-20-14-38(36-35-20)21-12-24(28(40)34-26)37(15-21)30(42)19-8-9-22-25(11-19)43-16-32-22/h3-9,11,14,16-17,21,23-24,26H,10,12-13,15H2,1-2H3,(H,31,39)(H,33,41)(H,34,40)/t21-,23+,24-,26-/m0/s1. The fourth-order valence-electron chi connectivity index (χ4n) is 5.61. The van der Waals surface area contributed by atoms with Gasteiger partial charge in [0.25, 0.3) is 5.91 Å². The molecule has 0 saturated carbocycles. The summed E-state index contributed by atoms with van der Waals surface area (Å²) in [7, 11) is 0. The van der Waals surface area contributed by atoms with Crippen molar-refractivity contribution in [2.24, 2.45) is 5.92 Å². The molecule has 1 fully saturated rings. The van der Waals surface area contributed by atoms with Crippen LogP contribution in [-0.2, 0) is 27.3 Å². The van der Waals surface area contributed by atoms with Gasteiger partial charge in [-0.2, -0.15) is 0 Å². The number of rotatable bonds is 4. The molecule has 13 heteroatoms. The number of likely N-dealkylation sites (tertiary alicyclic amines) is 1. The quantitative estimate of drug-likeness (QED) is 0.323. The van der Waals surface area contributed by atoms with Crippen molar-refractivity contribution in [3.8, 4) is 0 Å². The van der Waals surface area contributed by atoms with Gasteiger partial charge in [0.05, 0.1) is 34.5 Å². The first kappa shape index (κ1) is 28.5. The average Bonchev–Trinajstić information content (AvgIpc) is 3.77. The van der Waals surface area contributed by atoms with Crippen molar-refractivity contribution in [2.75, 3.05) is 6.54 Å². The zero-order valence-corrected chi connectivity index (χ0v) is 24.6. The minimum atomic E-state index is -0.925. The van der Waals surface area contributed by atoms with Crippen molar-refractivity contribution in [2.45, 2.75) is 57.4 Å². The second-order valence-electron chi connectivity index (χ2n) is 11.3. The zero-order valence-electron chi connectivity index (χ0n) is 23.8. The van der Waals surface area contributed by atoms with E-state index in [0.29, 0.717) is 17.7 Å². The molecule has 4 heterocycles. The molecule has 2 aromatic heterocycles. The lowest BCUT2D eigenvalue weighted by Crippen LogP contribution is -2.58. The van der Waals surface area contributed by atoms with Crippen LogP contribution in [0.15, 0.2) is 60.2 Å². The highest BCUT2D eigenvalue weighted by Crippen LogP contribution is 2.30. The number of nitrogens with one attached hydrogen (secondary N) is 3. The van der Waals surface area contributed by atoms with Crippen molar-refractivity contribution >= 4 is 45.2 Å². The zero-order chi connectivity index (χ0) is 30.1. The molecular weight excluding hydrogens is 568 g/mol. The fraction of sp³-hybridized carbons (Fsp3) is 0.367. The van der Waals surface area contributed by atoms with Gasteiger partial charge in [0.2, 0.25) is 17.7 Å². The summed E-state index contributed by atoms with van der Waals surface area (Å²) < 4.78 is 2.52. The van der Waals surface area contributed by atoms with E-state index in [2.05, 4.69) is 31.2 Å². The van der Waals surface area contributed by atoms with Crippen LogP contribution >= 0.6 is 11.3 Å². The largest absolute Gasteiger partial charge is 0.349 e. The number of amides is 4. The van der Waals surface area contributed by atoms with Crippen LogP contribution in [0.4, 0.5) is 0 Å². The molecule has 2 aliphatic heterocycles. The summed E-state index contributed by atoms with van der Waals surface area (Å²) in [4.78, 5) is 60.4. The number of thiazole rings is 1. The van der Waals surface area contributed by atoms with Gasteiger partial charge in [0, 0.05) is 24.9 Å². The summed E-state index contributed by atoms with van der Waals surface area (Å²) in [6.45, 7) is 3.99. The van der Waals surface area contributed by atoms with E-state index in [0.717, 1.165) is 15.8 Å². The van der Waals surface area contributed by atoms with Gasteiger partial charge in [-0.3, -0.25) is 19.2 Å². The van der Waals surface area contributed by atoms with Crippen LogP contribution in [0.25, 0.3) is 10.2 Å². The molecule has 222 valence electrons. The molecule has 4 aromatic rings. The lowest BCUT2D eigenvalue weighted by molar-refractivity contribution is -0.134. The summed E-state index contributed by atoms with van der Waals surface area (Å²) in [5, 5.41) is 17.1. The van der Waals surface area contributed by atoms with E-state index in [9.17, 15) is 19.2 Å². The molecule has 43 heavy (non-hydrogen) atoms. The maximum Gasteiger partial charge on any atom is 0.254 e. The monoisotopic (exact) mass is 600 g/mol. The van der Waals surface area contributed by atoms with E-state index in [1.54, 1.807) is 39.5 Å². The van der Waals surface area contributed by atoms with Gasteiger partial charge in [-0.15, -0.1) is 16.4 Å². The van der Waals surface area contributed by atoms with Crippen LogP contribution in [0.2, 0.25) is 0 Å². The first-order chi connectivity index (χ1) is 20.8. The van der Waals surface area contributed by atoms with Crippen molar-refractivity contribution in [3.05, 3.63) is 77.1 Å². The molecule has 2 aliphatic rings. The maximum atomic E-state index is 13.9. The fourth-order valence-corrected chi connectivity index (χ4v) is 6.33. The van der Waals surface area contributed by atoms with Crippen LogP contribution in [0, 0.1) is 5.92 Å². The number of fused-ring (bicyclic) bond motifs is 6. The average molecular weight is 601 g/mol. The summed E-state index contributed by atoms with van der Waals surface area (Å²) in [5.74, 6) is -1.86. The first-order valence-electron chi connectivity index (χ1n) is 14.2. The summed E-state index contributed by atoms with van der Waals surface area (Å²) >= 11 is 1.44. The molecule has 4 bridgehead atoms. The highest BCUT2D eigenvalue weighted by molar-refractivity contribution is 7.16. The molecule has 0 spiro atoms. The van der Waals surface area contributed by atoms with Crippen LogP contribution < -0.4 is 16.0 Å². The summed E-state index contributed by atoms with van der Waals surface area (Å²) in [5.41, 5.74) is 4.38. The third kappa shape index (κ3) is 5.98. The van der Waals surface area contributed by atoms with Crippen LogP contribution in [0.1, 0.15) is 47.9 Å². The van der Waals surface area contributed by atoms with Crippen molar-refractivity contribution in [3.63, 3.8) is 0 Å². The molecule has 4 amide bonds. The normalized spacial score (nSPS) is 23.0.